The molecular formula is C14H25NO4. The summed E-state index contributed by atoms with van der Waals surface area (Å²) in [5.74, 6) is -0.377. The van der Waals surface area contributed by atoms with Crippen molar-refractivity contribution in [3.8, 4) is 0 Å². The SMILES string of the molecule is COC(=O)/C=C/CCC(C)(C)NC(=O)OC(C)(C)C. The molecule has 0 unspecified atom stereocenters. The van der Waals surface area contributed by atoms with Gasteiger partial charge in [-0.3, -0.25) is 0 Å². The standard InChI is InChI=1S/C14H25NO4/c1-13(2,3)19-12(17)15-14(4,5)10-8-7-9-11(16)18-6/h7,9H,8,10H2,1-6H3,(H,15,17)/b9-7+. The van der Waals surface area contributed by atoms with Gasteiger partial charge in [0.1, 0.15) is 5.60 Å². The van der Waals surface area contributed by atoms with Gasteiger partial charge in [-0.2, -0.15) is 0 Å². The normalized spacial score (nSPS) is 12.3. The Labute approximate surface area is 115 Å². The Bertz CT molecular complexity index is 340. The summed E-state index contributed by atoms with van der Waals surface area (Å²) in [6.45, 7) is 9.27. The van der Waals surface area contributed by atoms with Crippen LogP contribution in [0.1, 0.15) is 47.5 Å². The van der Waals surface area contributed by atoms with E-state index in [1.165, 1.54) is 13.2 Å². The molecule has 0 saturated heterocycles. The third kappa shape index (κ3) is 10.1. The highest BCUT2D eigenvalue weighted by Gasteiger charge is 2.23. The van der Waals surface area contributed by atoms with Crippen LogP contribution in [0.15, 0.2) is 12.2 Å². The van der Waals surface area contributed by atoms with Crippen molar-refractivity contribution in [2.75, 3.05) is 7.11 Å². The molecule has 110 valence electrons. The second-order valence-electron chi connectivity index (χ2n) is 5.97. The number of carbonyl (C=O) groups is 2. The largest absolute Gasteiger partial charge is 0.466 e. The second-order valence-corrected chi connectivity index (χ2v) is 5.97. The maximum absolute atomic E-state index is 11.6. The Kier molecular flexibility index (Phi) is 6.59. The molecule has 0 bridgehead atoms. The zero-order chi connectivity index (χ0) is 15.1. The van der Waals surface area contributed by atoms with Gasteiger partial charge in [0.05, 0.1) is 7.11 Å². The van der Waals surface area contributed by atoms with E-state index in [2.05, 4.69) is 10.1 Å². The number of rotatable bonds is 5. The maximum atomic E-state index is 11.6. The molecule has 0 fully saturated rings. The van der Waals surface area contributed by atoms with Crippen LogP contribution in [0, 0.1) is 0 Å². The summed E-state index contributed by atoms with van der Waals surface area (Å²) in [6.07, 6.45) is 4.03. The van der Waals surface area contributed by atoms with Crippen LogP contribution < -0.4 is 5.32 Å². The summed E-state index contributed by atoms with van der Waals surface area (Å²) < 4.78 is 9.68. The fourth-order valence-electron chi connectivity index (χ4n) is 1.33. The Morgan fingerprint density at radius 2 is 1.74 bits per heavy atom. The number of carbonyl (C=O) groups excluding carboxylic acids is 2. The van der Waals surface area contributed by atoms with Crippen molar-refractivity contribution in [2.24, 2.45) is 0 Å². The van der Waals surface area contributed by atoms with E-state index >= 15 is 0 Å². The van der Waals surface area contributed by atoms with Crippen LogP contribution >= 0.6 is 0 Å². The van der Waals surface area contributed by atoms with E-state index < -0.39 is 17.2 Å². The molecule has 0 saturated carbocycles. The third-order valence-electron chi connectivity index (χ3n) is 2.23. The van der Waals surface area contributed by atoms with E-state index in [4.69, 9.17) is 4.74 Å². The summed E-state index contributed by atoms with van der Waals surface area (Å²) in [7, 11) is 1.33. The zero-order valence-corrected chi connectivity index (χ0v) is 12.7. The molecule has 5 heteroatoms. The molecule has 0 aliphatic heterocycles. The number of amides is 1. The lowest BCUT2D eigenvalue weighted by Crippen LogP contribution is -2.45. The summed E-state index contributed by atoms with van der Waals surface area (Å²) in [5.41, 5.74) is -0.909. The van der Waals surface area contributed by atoms with Crippen LogP contribution in [0.3, 0.4) is 0 Å². The number of ether oxygens (including phenoxy) is 2. The van der Waals surface area contributed by atoms with Gasteiger partial charge in [-0.15, -0.1) is 0 Å². The van der Waals surface area contributed by atoms with Gasteiger partial charge in [0.2, 0.25) is 0 Å². The number of hydrogen-bond donors (Lipinski definition) is 1. The fourth-order valence-corrected chi connectivity index (χ4v) is 1.33. The molecular weight excluding hydrogens is 246 g/mol. The Morgan fingerprint density at radius 3 is 2.21 bits per heavy atom. The molecule has 0 heterocycles. The monoisotopic (exact) mass is 271 g/mol. The summed E-state index contributed by atoms with van der Waals surface area (Å²) in [6, 6.07) is 0. The van der Waals surface area contributed by atoms with E-state index in [-0.39, 0.29) is 5.97 Å². The molecule has 0 aromatic rings. The number of hydrogen-bond acceptors (Lipinski definition) is 4. The van der Waals surface area contributed by atoms with Crippen LogP contribution in [-0.2, 0) is 14.3 Å². The maximum Gasteiger partial charge on any atom is 0.408 e. The van der Waals surface area contributed by atoms with Crippen LogP contribution in [-0.4, -0.2) is 30.3 Å². The quantitative estimate of drug-likeness (QED) is 0.617. The first kappa shape index (κ1) is 17.5. The lowest BCUT2D eigenvalue weighted by atomic mass is 9.98. The van der Waals surface area contributed by atoms with Gasteiger partial charge in [-0.25, -0.2) is 9.59 Å². The van der Waals surface area contributed by atoms with E-state index in [0.717, 1.165) is 0 Å². The number of methoxy groups -OCH3 is 1. The molecule has 0 aromatic heterocycles. The molecule has 0 radical (unpaired) electrons. The smallest absolute Gasteiger partial charge is 0.408 e. The highest BCUT2D eigenvalue weighted by atomic mass is 16.6. The Hall–Kier alpha value is -1.52. The molecule has 19 heavy (non-hydrogen) atoms. The molecule has 1 N–H and O–H groups in total. The topological polar surface area (TPSA) is 64.6 Å². The molecule has 0 aliphatic carbocycles. The molecule has 5 nitrogen and oxygen atoms in total. The lowest BCUT2D eigenvalue weighted by molar-refractivity contribution is -0.134. The Morgan fingerprint density at radius 1 is 1.16 bits per heavy atom. The third-order valence-corrected chi connectivity index (χ3v) is 2.23. The average molecular weight is 271 g/mol. The predicted molar refractivity (Wildman–Crippen MR) is 73.8 cm³/mol. The minimum absolute atomic E-state index is 0.377. The van der Waals surface area contributed by atoms with Gasteiger partial charge >= 0.3 is 12.1 Å². The van der Waals surface area contributed by atoms with E-state index in [1.807, 2.05) is 34.6 Å². The molecule has 0 aliphatic rings. The average Bonchev–Trinajstić information content (AvgIpc) is 2.20. The number of esters is 1. The highest BCUT2D eigenvalue weighted by Crippen LogP contribution is 2.14. The van der Waals surface area contributed by atoms with Gasteiger partial charge in [0.25, 0.3) is 0 Å². The first-order chi connectivity index (χ1) is 8.56. The number of nitrogens with one attached hydrogen (secondary N) is 1. The van der Waals surface area contributed by atoms with Crippen molar-refractivity contribution < 1.29 is 19.1 Å². The van der Waals surface area contributed by atoms with Gasteiger partial charge in [-0.05, 0) is 47.5 Å². The number of alkyl carbamates (subject to hydrolysis) is 1. The predicted octanol–water partition coefficient (Wildman–Crippen LogP) is 2.80. The van der Waals surface area contributed by atoms with Crippen LogP contribution in [0.2, 0.25) is 0 Å². The minimum atomic E-state index is -0.509. The summed E-state index contributed by atoms with van der Waals surface area (Å²) in [4.78, 5) is 22.5. The molecule has 0 rings (SSSR count). The van der Waals surface area contributed by atoms with Gasteiger partial charge in [0, 0.05) is 11.6 Å². The van der Waals surface area contributed by atoms with Crippen LogP contribution in [0.5, 0.6) is 0 Å². The summed E-state index contributed by atoms with van der Waals surface area (Å²) in [5, 5.41) is 2.80. The molecule has 0 aromatic carbocycles. The van der Waals surface area contributed by atoms with E-state index in [9.17, 15) is 9.59 Å². The molecule has 0 spiro atoms. The highest BCUT2D eigenvalue weighted by molar-refractivity contribution is 5.81. The first-order valence-electron chi connectivity index (χ1n) is 6.31. The second kappa shape index (κ2) is 7.16. The van der Waals surface area contributed by atoms with Crippen LogP contribution in [0.25, 0.3) is 0 Å². The van der Waals surface area contributed by atoms with Gasteiger partial charge in [0.15, 0.2) is 0 Å². The van der Waals surface area contributed by atoms with Crippen molar-refractivity contribution in [3.05, 3.63) is 12.2 Å². The van der Waals surface area contributed by atoms with E-state index in [0.29, 0.717) is 12.8 Å². The van der Waals surface area contributed by atoms with Crippen LogP contribution in [0.4, 0.5) is 4.79 Å². The van der Waals surface area contributed by atoms with E-state index in [1.54, 1.807) is 6.08 Å². The Balaban J connectivity index is 4.15. The molecule has 0 atom stereocenters. The minimum Gasteiger partial charge on any atom is -0.466 e. The molecule has 1 amide bonds. The first-order valence-corrected chi connectivity index (χ1v) is 6.31. The van der Waals surface area contributed by atoms with Gasteiger partial charge < -0.3 is 14.8 Å². The zero-order valence-electron chi connectivity index (χ0n) is 12.7. The lowest BCUT2D eigenvalue weighted by Gasteiger charge is -2.28. The van der Waals surface area contributed by atoms with Crippen molar-refractivity contribution in [1.29, 1.82) is 0 Å². The van der Waals surface area contributed by atoms with Crippen molar-refractivity contribution in [3.63, 3.8) is 0 Å². The van der Waals surface area contributed by atoms with Crippen molar-refractivity contribution in [1.82, 2.24) is 5.32 Å². The van der Waals surface area contributed by atoms with Crippen molar-refractivity contribution >= 4 is 12.1 Å². The van der Waals surface area contributed by atoms with Crippen molar-refractivity contribution in [2.45, 2.75) is 58.6 Å². The fraction of sp³-hybridized carbons (Fsp3) is 0.714. The van der Waals surface area contributed by atoms with Gasteiger partial charge in [-0.1, -0.05) is 6.08 Å². The summed E-state index contributed by atoms with van der Waals surface area (Å²) >= 11 is 0. The number of allylic oxidation sites excluding steroid dienone is 1.